The molecule has 2 N–H and O–H groups in total. The average molecular weight is 501 g/mol. The number of rotatable bonds is 9. The van der Waals surface area contributed by atoms with Crippen molar-refractivity contribution < 1.29 is 9.22 Å². The minimum atomic E-state index is -2.68. The molecule has 0 saturated carbocycles. The van der Waals surface area contributed by atoms with Crippen molar-refractivity contribution >= 4 is 24.6 Å². The number of carbonyl (C=O) groups excluding carboxylic acids is 1. The third-order valence-corrected chi connectivity index (χ3v) is 12.5. The summed E-state index contributed by atoms with van der Waals surface area (Å²) < 4.78 is 7.19. The van der Waals surface area contributed by atoms with E-state index in [0.29, 0.717) is 6.61 Å². The monoisotopic (exact) mass is 500 g/mol. The van der Waals surface area contributed by atoms with E-state index in [1.807, 2.05) is 6.07 Å². The molecule has 0 bridgehead atoms. The van der Waals surface area contributed by atoms with E-state index in [-0.39, 0.29) is 34.9 Å². The zero-order valence-electron chi connectivity index (χ0n) is 22.2. The topological polar surface area (TPSA) is 50.4 Å². The maximum Gasteiger partial charge on any atom is 0.261 e. The van der Waals surface area contributed by atoms with Crippen molar-refractivity contribution in [2.24, 2.45) is 11.8 Å². The summed E-state index contributed by atoms with van der Waals surface area (Å²) in [4.78, 5) is 13.1. The fourth-order valence-corrected chi connectivity index (χ4v) is 10.3. The second-order valence-corrected chi connectivity index (χ2v) is 15.6. The molecule has 1 saturated heterocycles. The third kappa shape index (κ3) is 5.34. The maximum absolute atomic E-state index is 13.1. The lowest BCUT2D eigenvalue weighted by Crippen LogP contribution is -2.67. The van der Waals surface area contributed by atoms with E-state index < -0.39 is 8.32 Å². The zero-order valence-corrected chi connectivity index (χ0v) is 23.2. The average Bonchev–Trinajstić information content (AvgIpc) is 3.19. The van der Waals surface area contributed by atoms with Gasteiger partial charge in [-0.25, -0.2) is 0 Å². The molecule has 1 aliphatic rings. The van der Waals surface area contributed by atoms with Crippen LogP contribution in [0.1, 0.15) is 40.2 Å². The molecule has 36 heavy (non-hydrogen) atoms. The summed E-state index contributed by atoms with van der Waals surface area (Å²) in [5.41, 5.74) is 1.21. The lowest BCUT2D eigenvalue weighted by atomic mass is 9.88. The van der Waals surface area contributed by atoms with E-state index in [9.17, 15) is 4.79 Å². The Kier molecular flexibility index (Phi) is 8.13. The first-order valence-corrected chi connectivity index (χ1v) is 15.0. The van der Waals surface area contributed by atoms with Crippen LogP contribution < -0.4 is 21.0 Å². The van der Waals surface area contributed by atoms with Crippen molar-refractivity contribution in [3.63, 3.8) is 0 Å². The molecule has 190 valence electrons. The Balaban J connectivity index is 1.66. The lowest BCUT2D eigenvalue weighted by molar-refractivity contribution is -0.124. The van der Waals surface area contributed by atoms with Gasteiger partial charge < -0.3 is 15.1 Å². The Morgan fingerprint density at radius 2 is 1.36 bits per heavy atom. The molecule has 1 aliphatic heterocycles. The SMILES string of the molecule is CC(C)[C@@H]1C(=O)N[C@@H](CO[Si](c2ccccc2)(c2ccccc2)C(C)(C)C)[C@H]1NCc1ccccc1. The zero-order chi connectivity index (χ0) is 25.8. The van der Waals surface area contributed by atoms with E-state index >= 15 is 0 Å². The quantitative estimate of drug-likeness (QED) is 0.426. The van der Waals surface area contributed by atoms with Crippen LogP contribution in [0.3, 0.4) is 0 Å². The highest BCUT2D eigenvalue weighted by Gasteiger charge is 2.52. The summed E-state index contributed by atoms with van der Waals surface area (Å²) in [5.74, 6) is 0.254. The number of nitrogens with one attached hydrogen (secondary N) is 2. The molecule has 1 fully saturated rings. The summed E-state index contributed by atoms with van der Waals surface area (Å²) >= 11 is 0. The minimum absolute atomic E-state index is 0.00378. The van der Waals surface area contributed by atoms with Gasteiger partial charge in [-0.3, -0.25) is 4.79 Å². The van der Waals surface area contributed by atoms with Gasteiger partial charge >= 0.3 is 0 Å². The predicted molar refractivity (Wildman–Crippen MR) is 151 cm³/mol. The molecule has 0 spiro atoms. The Morgan fingerprint density at radius 3 is 1.83 bits per heavy atom. The fraction of sp³-hybridized carbons (Fsp3) is 0.387. The van der Waals surface area contributed by atoms with Crippen molar-refractivity contribution in [3.05, 3.63) is 96.6 Å². The molecule has 0 unspecified atom stereocenters. The van der Waals surface area contributed by atoms with Crippen LogP contribution in [0, 0.1) is 11.8 Å². The standard InChI is InChI=1S/C31H40N2O2Si/c1-23(2)28-29(32-21-24-15-9-6-10-16-24)27(33-30(28)34)22-35-36(31(3,4)5,25-17-11-7-12-18-25)26-19-13-8-14-20-26/h6-20,23,27-29,32H,21-22H2,1-5H3,(H,33,34)/t27-,28-,29+/m0/s1. The normalized spacial score (nSPS) is 20.5. The second-order valence-electron chi connectivity index (χ2n) is 11.3. The van der Waals surface area contributed by atoms with Gasteiger partial charge in [-0.1, -0.05) is 126 Å². The number of benzene rings is 3. The van der Waals surface area contributed by atoms with Crippen LogP contribution in [0.5, 0.6) is 0 Å². The van der Waals surface area contributed by atoms with Crippen molar-refractivity contribution in [3.8, 4) is 0 Å². The van der Waals surface area contributed by atoms with Gasteiger partial charge in [0.25, 0.3) is 8.32 Å². The predicted octanol–water partition coefficient (Wildman–Crippen LogP) is 4.49. The number of amides is 1. The maximum atomic E-state index is 13.1. The van der Waals surface area contributed by atoms with Crippen LogP contribution in [0.4, 0.5) is 0 Å². The minimum Gasteiger partial charge on any atom is -0.405 e. The second kappa shape index (κ2) is 11.1. The van der Waals surface area contributed by atoms with Crippen LogP contribution in [0.15, 0.2) is 91.0 Å². The summed E-state index contributed by atoms with van der Waals surface area (Å²) in [6.45, 7) is 12.3. The molecule has 4 nitrogen and oxygen atoms in total. The van der Waals surface area contributed by atoms with Crippen molar-refractivity contribution in [2.75, 3.05) is 6.61 Å². The van der Waals surface area contributed by atoms with E-state index in [0.717, 1.165) is 6.54 Å². The first kappa shape index (κ1) is 26.3. The van der Waals surface area contributed by atoms with Gasteiger partial charge in [0.2, 0.25) is 5.91 Å². The van der Waals surface area contributed by atoms with Crippen LogP contribution >= 0.6 is 0 Å². The molecule has 0 radical (unpaired) electrons. The van der Waals surface area contributed by atoms with Crippen molar-refractivity contribution in [1.29, 1.82) is 0 Å². The molecule has 3 atom stereocenters. The van der Waals surface area contributed by atoms with Crippen molar-refractivity contribution in [2.45, 2.75) is 58.3 Å². The molecular weight excluding hydrogens is 460 g/mol. The fourth-order valence-electron chi connectivity index (χ4n) is 5.72. The largest absolute Gasteiger partial charge is 0.405 e. The summed E-state index contributed by atoms with van der Waals surface area (Å²) in [6.07, 6.45) is 0. The lowest BCUT2D eigenvalue weighted by Gasteiger charge is -2.44. The summed E-state index contributed by atoms with van der Waals surface area (Å²) in [7, 11) is -2.68. The Morgan fingerprint density at radius 1 is 0.861 bits per heavy atom. The first-order chi connectivity index (χ1) is 17.2. The van der Waals surface area contributed by atoms with E-state index in [2.05, 4.69) is 130 Å². The van der Waals surface area contributed by atoms with Gasteiger partial charge in [0.15, 0.2) is 0 Å². The van der Waals surface area contributed by atoms with Crippen LogP contribution in [0.25, 0.3) is 0 Å². The first-order valence-electron chi connectivity index (χ1n) is 13.1. The Bertz CT molecular complexity index is 1070. The molecule has 1 amide bonds. The van der Waals surface area contributed by atoms with Gasteiger partial charge in [-0.15, -0.1) is 0 Å². The molecule has 5 heteroatoms. The van der Waals surface area contributed by atoms with Crippen LogP contribution in [0.2, 0.25) is 5.04 Å². The van der Waals surface area contributed by atoms with Crippen LogP contribution in [-0.4, -0.2) is 32.9 Å². The highest BCUT2D eigenvalue weighted by Crippen LogP contribution is 2.37. The molecule has 3 aromatic carbocycles. The molecule has 3 aromatic rings. The number of hydrogen-bond donors (Lipinski definition) is 2. The summed E-state index contributed by atoms with van der Waals surface area (Å²) in [5, 5.41) is 9.41. The highest BCUT2D eigenvalue weighted by molar-refractivity contribution is 6.99. The van der Waals surface area contributed by atoms with Gasteiger partial charge in [0, 0.05) is 12.6 Å². The number of hydrogen-bond acceptors (Lipinski definition) is 3. The van der Waals surface area contributed by atoms with E-state index in [4.69, 9.17) is 4.43 Å². The molecular formula is C31H40N2O2Si. The van der Waals surface area contributed by atoms with E-state index in [1.54, 1.807) is 0 Å². The molecule has 0 aliphatic carbocycles. The van der Waals surface area contributed by atoms with Gasteiger partial charge in [-0.05, 0) is 26.9 Å². The third-order valence-electron chi connectivity index (χ3n) is 7.45. The van der Waals surface area contributed by atoms with Crippen molar-refractivity contribution in [1.82, 2.24) is 10.6 Å². The van der Waals surface area contributed by atoms with Gasteiger partial charge in [0.1, 0.15) is 0 Å². The number of carbonyl (C=O) groups is 1. The molecule has 0 aromatic heterocycles. The molecule has 4 rings (SSSR count). The molecule has 1 heterocycles. The Labute approximate surface area is 217 Å². The Hall–Kier alpha value is -2.73. The van der Waals surface area contributed by atoms with Gasteiger partial charge in [-0.2, -0.15) is 0 Å². The van der Waals surface area contributed by atoms with Gasteiger partial charge in [0.05, 0.1) is 18.6 Å². The van der Waals surface area contributed by atoms with Crippen LogP contribution in [-0.2, 0) is 15.8 Å². The van der Waals surface area contributed by atoms with E-state index in [1.165, 1.54) is 15.9 Å². The smallest absolute Gasteiger partial charge is 0.261 e. The summed E-state index contributed by atoms with van der Waals surface area (Å²) in [6, 6.07) is 31.6. The highest BCUT2D eigenvalue weighted by atomic mass is 28.4.